The number of ether oxygens (including phenoxy) is 3. The molecule has 3 aromatic carbocycles. The van der Waals surface area contributed by atoms with Gasteiger partial charge < -0.3 is 18.6 Å². The van der Waals surface area contributed by atoms with E-state index < -0.39 is 11.6 Å². The molecule has 160 valence electrons. The van der Waals surface area contributed by atoms with E-state index in [2.05, 4.69) is 6.58 Å². The minimum atomic E-state index is -1.00. The third-order valence-corrected chi connectivity index (χ3v) is 5.71. The van der Waals surface area contributed by atoms with E-state index in [1.54, 1.807) is 43.5 Å². The van der Waals surface area contributed by atoms with E-state index in [-0.39, 0.29) is 12.0 Å². The van der Waals surface area contributed by atoms with Gasteiger partial charge in [0.25, 0.3) is 0 Å². The maximum atomic E-state index is 12.7. The number of hydrogen-bond acceptors (Lipinski definition) is 6. The SMILES string of the molecule is C=C1CC(COc2ccc3c(=O)c4ccccc4oc3c2)(c2ccc(OC)cc2)OC1=O. The zero-order chi connectivity index (χ0) is 22.3. The zero-order valence-electron chi connectivity index (χ0n) is 17.4. The van der Waals surface area contributed by atoms with Gasteiger partial charge in [-0.15, -0.1) is 0 Å². The summed E-state index contributed by atoms with van der Waals surface area (Å²) in [5.74, 6) is 0.752. The Morgan fingerprint density at radius 2 is 1.66 bits per heavy atom. The lowest BCUT2D eigenvalue weighted by Crippen LogP contribution is -2.33. The lowest BCUT2D eigenvalue weighted by Gasteiger charge is -2.28. The van der Waals surface area contributed by atoms with Crippen molar-refractivity contribution in [3.8, 4) is 11.5 Å². The van der Waals surface area contributed by atoms with E-state index in [4.69, 9.17) is 18.6 Å². The van der Waals surface area contributed by atoms with Crippen molar-refractivity contribution in [2.45, 2.75) is 12.0 Å². The van der Waals surface area contributed by atoms with Gasteiger partial charge in [-0.05, 0) is 42.0 Å². The fourth-order valence-electron chi connectivity index (χ4n) is 3.99. The third kappa shape index (κ3) is 3.30. The van der Waals surface area contributed by atoms with Gasteiger partial charge in [-0.2, -0.15) is 0 Å². The quantitative estimate of drug-likeness (QED) is 0.260. The molecular formula is C26H20O6. The lowest BCUT2D eigenvalue weighted by atomic mass is 9.90. The van der Waals surface area contributed by atoms with Crippen molar-refractivity contribution in [1.82, 2.24) is 0 Å². The molecule has 1 aliphatic heterocycles. The van der Waals surface area contributed by atoms with Crippen molar-refractivity contribution in [1.29, 1.82) is 0 Å². The molecule has 5 rings (SSSR count). The molecule has 1 fully saturated rings. The predicted octanol–water partition coefficient (Wildman–Crippen LogP) is 4.73. The van der Waals surface area contributed by atoms with Gasteiger partial charge >= 0.3 is 5.97 Å². The van der Waals surface area contributed by atoms with E-state index in [9.17, 15) is 9.59 Å². The standard InChI is InChI=1S/C26H20O6/c1-16-14-26(32-25(16)28,17-7-9-18(29-2)10-8-17)15-30-19-11-12-21-23(13-19)31-22-6-4-3-5-20(22)24(21)27/h3-13H,1,14-15H2,2H3. The van der Waals surface area contributed by atoms with Crippen LogP contribution in [0.1, 0.15) is 12.0 Å². The third-order valence-electron chi connectivity index (χ3n) is 5.71. The van der Waals surface area contributed by atoms with Crippen LogP contribution < -0.4 is 14.9 Å². The van der Waals surface area contributed by atoms with Crippen LogP contribution in [0.25, 0.3) is 21.9 Å². The normalized spacial score (nSPS) is 18.2. The number of fused-ring (bicyclic) bond motifs is 2. The Labute approximate surface area is 183 Å². The average Bonchev–Trinajstić information content (AvgIpc) is 3.12. The van der Waals surface area contributed by atoms with Crippen molar-refractivity contribution < 1.29 is 23.4 Å². The van der Waals surface area contributed by atoms with Crippen LogP contribution in [0, 0.1) is 0 Å². The number of para-hydroxylation sites is 1. The number of benzene rings is 3. The summed E-state index contributed by atoms with van der Waals surface area (Å²) in [5.41, 5.74) is 1.02. The van der Waals surface area contributed by atoms with Gasteiger partial charge in [-0.3, -0.25) is 4.79 Å². The fourth-order valence-corrected chi connectivity index (χ4v) is 3.99. The lowest BCUT2D eigenvalue weighted by molar-refractivity contribution is -0.150. The molecule has 1 aliphatic rings. The summed E-state index contributed by atoms with van der Waals surface area (Å²) in [6.45, 7) is 3.90. The summed E-state index contributed by atoms with van der Waals surface area (Å²) < 4.78 is 22.9. The van der Waals surface area contributed by atoms with Crippen LogP contribution in [0.3, 0.4) is 0 Å². The Morgan fingerprint density at radius 3 is 2.38 bits per heavy atom. The van der Waals surface area contributed by atoms with Crippen LogP contribution in [-0.4, -0.2) is 19.7 Å². The minimum absolute atomic E-state index is 0.0768. The Morgan fingerprint density at radius 1 is 0.938 bits per heavy atom. The first kappa shape index (κ1) is 19.9. The van der Waals surface area contributed by atoms with Gasteiger partial charge in [0.05, 0.1) is 17.9 Å². The Balaban J connectivity index is 1.48. The molecule has 0 radical (unpaired) electrons. The van der Waals surface area contributed by atoms with E-state index >= 15 is 0 Å². The van der Waals surface area contributed by atoms with Crippen LogP contribution in [-0.2, 0) is 15.1 Å². The van der Waals surface area contributed by atoms with Gasteiger partial charge in [0.2, 0.25) is 5.43 Å². The Kier molecular flexibility index (Phi) is 4.70. The molecule has 6 heteroatoms. The van der Waals surface area contributed by atoms with Crippen molar-refractivity contribution in [2.75, 3.05) is 13.7 Å². The first-order chi connectivity index (χ1) is 15.5. The largest absolute Gasteiger partial charge is 0.497 e. The second-order valence-electron chi connectivity index (χ2n) is 7.77. The van der Waals surface area contributed by atoms with Crippen LogP contribution in [0.4, 0.5) is 0 Å². The highest BCUT2D eigenvalue weighted by Gasteiger charge is 2.45. The summed E-state index contributed by atoms with van der Waals surface area (Å²) in [7, 11) is 1.59. The Hall–Kier alpha value is -4.06. The van der Waals surface area contributed by atoms with Crippen LogP contribution >= 0.6 is 0 Å². The molecule has 1 saturated heterocycles. The smallest absolute Gasteiger partial charge is 0.334 e. The molecule has 2 heterocycles. The number of cyclic esters (lactones) is 1. The average molecular weight is 428 g/mol. The van der Waals surface area contributed by atoms with Crippen LogP contribution in [0.2, 0.25) is 0 Å². The van der Waals surface area contributed by atoms with Gasteiger partial charge in [-0.25, -0.2) is 4.79 Å². The van der Waals surface area contributed by atoms with E-state index in [1.165, 1.54) is 0 Å². The van der Waals surface area contributed by atoms with E-state index in [1.807, 2.05) is 30.3 Å². The first-order valence-corrected chi connectivity index (χ1v) is 10.1. The molecule has 0 aliphatic carbocycles. The second-order valence-corrected chi connectivity index (χ2v) is 7.77. The van der Waals surface area contributed by atoms with Crippen LogP contribution in [0.5, 0.6) is 11.5 Å². The minimum Gasteiger partial charge on any atom is -0.497 e. The number of rotatable bonds is 5. The highest BCUT2D eigenvalue weighted by Crippen LogP contribution is 2.40. The van der Waals surface area contributed by atoms with Crippen molar-refractivity contribution in [3.63, 3.8) is 0 Å². The van der Waals surface area contributed by atoms with Crippen molar-refractivity contribution >= 4 is 27.9 Å². The van der Waals surface area contributed by atoms with Gasteiger partial charge in [0, 0.05) is 18.1 Å². The summed E-state index contributed by atoms with van der Waals surface area (Å²) in [5, 5.41) is 1.00. The van der Waals surface area contributed by atoms with E-state index in [0.29, 0.717) is 45.4 Å². The molecule has 6 nitrogen and oxygen atoms in total. The fraction of sp³-hybridized carbons (Fsp3) is 0.154. The molecule has 32 heavy (non-hydrogen) atoms. The highest BCUT2D eigenvalue weighted by atomic mass is 16.6. The topological polar surface area (TPSA) is 75.0 Å². The number of methoxy groups -OCH3 is 1. The zero-order valence-corrected chi connectivity index (χ0v) is 17.4. The molecule has 1 unspecified atom stereocenters. The monoisotopic (exact) mass is 428 g/mol. The molecule has 1 atom stereocenters. The highest BCUT2D eigenvalue weighted by molar-refractivity contribution is 5.91. The molecular weight excluding hydrogens is 408 g/mol. The molecule has 0 saturated carbocycles. The maximum absolute atomic E-state index is 12.7. The molecule has 1 aromatic heterocycles. The van der Waals surface area contributed by atoms with Crippen molar-refractivity contribution in [3.05, 3.63) is 94.7 Å². The second kappa shape index (κ2) is 7.57. The number of carbonyl (C=O) groups excluding carboxylic acids is 1. The Bertz CT molecular complexity index is 1400. The summed E-state index contributed by atoms with van der Waals surface area (Å²) >= 11 is 0. The summed E-state index contributed by atoms with van der Waals surface area (Å²) in [6.07, 6.45) is 0.311. The molecule has 0 N–H and O–H groups in total. The van der Waals surface area contributed by atoms with Gasteiger partial charge in [-0.1, -0.05) is 30.8 Å². The van der Waals surface area contributed by atoms with Crippen molar-refractivity contribution in [2.24, 2.45) is 0 Å². The van der Waals surface area contributed by atoms with Gasteiger partial charge in [0.1, 0.15) is 29.3 Å². The van der Waals surface area contributed by atoms with Gasteiger partial charge in [0.15, 0.2) is 5.60 Å². The number of hydrogen-bond donors (Lipinski definition) is 0. The molecule has 0 amide bonds. The maximum Gasteiger partial charge on any atom is 0.334 e. The first-order valence-electron chi connectivity index (χ1n) is 10.1. The number of carbonyl (C=O) groups is 1. The molecule has 4 aromatic rings. The van der Waals surface area contributed by atoms with Crippen LogP contribution in [0.15, 0.2) is 88.1 Å². The summed E-state index contributed by atoms with van der Waals surface area (Å²) in [4.78, 5) is 24.9. The molecule has 0 bridgehead atoms. The molecule has 0 spiro atoms. The number of esters is 1. The summed E-state index contributed by atoms with van der Waals surface area (Å²) in [6, 6.07) is 19.5. The van der Waals surface area contributed by atoms with E-state index in [0.717, 1.165) is 5.56 Å². The predicted molar refractivity (Wildman–Crippen MR) is 120 cm³/mol.